The Morgan fingerprint density at radius 2 is 2.21 bits per heavy atom. The van der Waals surface area contributed by atoms with Gasteiger partial charge in [-0.2, -0.15) is 0 Å². The lowest BCUT2D eigenvalue weighted by atomic mass is 9.85. The number of morpholine rings is 1. The first-order valence-corrected chi connectivity index (χ1v) is 7.50. The van der Waals surface area contributed by atoms with E-state index in [4.69, 9.17) is 16.3 Å². The van der Waals surface area contributed by atoms with Gasteiger partial charge in [0.15, 0.2) is 0 Å². The van der Waals surface area contributed by atoms with Gasteiger partial charge >= 0.3 is 0 Å². The van der Waals surface area contributed by atoms with Crippen LogP contribution in [0.5, 0.6) is 0 Å². The Labute approximate surface area is 119 Å². The third kappa shape index (κ3) is 2.28. The molecule has 1 aromatic heterocycles. The molecule has 0 bridgehead atoms. The standard InChI is InChI=1S/C15H21ClN2O/c1-9(2)18-10(3)8-19-13-6-5-12-11(15(13)18)4-7-14(16)17-12/h4,7,9-10,13,15H,5-6,8H2,1-3H3. The van der Waals surface area contributed by atoms with Crippen molar-refractivity contribution in [2.45, 2.75) is 57.8 Å². The van der Waals surface area contributed by atoms with E-state index >= 15 is 0 Å². The van der Waals surface area contributed by atoms with Gasteiger partial charge in [0.2, 0.25) is 0 Å². The smallest absolute Gasteiger partial charge is 0.129 e. The van der Waals surface area contributed by atoms with E-state index in [0.717, 1.165) is 25.1 Å². The molecule has 19 heavy (non-hydrogen) atoms. The van der Waals surface area contributed by atoms with Crippen LogP contribution in [0.2, 0.25) is 5.15 Å². The average Bonchev–Trinajstić information content (AvgIpc) is 2.37. The molecular weight excluding hydrogens is 260 g/mol. The Kier molecular flexibility index (Phi) is 3.54. The number of nitrogens with zero attached hydrogens (tertiary/aromatic N) is 2. The van der Waals surface area contributed by atoms with Crippen molar-refractivity contribution in [1.82, 2.24) is 9.88 Å². The van der Waals surface area contributed by atoms with Crippen molar-refractivity contribution in [2.24, 2.45) is 0 Å². The molecule has 2 aliphatic rings. The molecule has 0 radical (unpaired) electrons. The van der Waals surface area contributed by atoms with Gasteiger partial charge < -0.3 is 4.74 Å². The summed E-state index contributed by atoms with van der Waals surface area (Å²) in [6.45, 7) is 7.59. The summed E-state index contributed by atoms with van der Waals surface area (Å²) in [4.78, 5) is 7.08. The van der Waals surface area contributed by atoms with Crippen LogP contribution < -0.4 is 0 Å². The topological polar surface area (TPSA) is 25.4 Å². The minimum Gasteiger partial charge on any atom is -0.375 e. The zero-order valence-corrected chi connectivity index (χ0v) is 12.5. The molecule has 1 aromatic rings. The molecule has 1 aliphatic heterocycles. The number of aryl methyl sites for hydroxylation is 1. The summed E-state index contributed by atoms with van der Waals surface area (Å²) in [5.41, 5.74) is 2.46. The largest absolute Gasteiger partial charge is 0.375 e. The lowest BCUT2D eigenvalue weighted by molar-refractivity contribution is -0.119. The molecule has 2 heterocycles. The third-order valence-corrected chi connectivity index (χ3v) is 4.50. The number of fused-ring (bicyclic) bond motifs is 3. The number of hydrogen-bond acceptors (Lipinski definition) is 3. The number of hydrogen-bond donors (Lipinski definition) is 0. The molecule has 3 atom stereocenters. The van der Waals surface area contributed by atoms with Gasteiger partial charge in [-0.15, -0.1) is 0 Å². The van der Waals surface area contributed by atoms with Gasteiger partial charge in [0.1, 0.15) is 5.15 Å². The fourth-order valence-electron chi connectivity index (χ4n) is 3.57. The average molecular weight is 281 g/mol. The molecule has 4 heteroatoms. The van der Waals surface area contributed by atoms with Gasteiger partial charge in [0, 0.05) is 17.8 Å². The van der Waals surface area contributed by atoms with Gasteiger partial charge in [-0.05, 0) is 45.2 Å². The van der Waals surface area contributed by atoms with Gasteiger partial charge in [-0.3, -0.25) is 4.90 Å². The zero-order valence-electron chi connectivity index (χ0n) is 11.8. The predicted molar refractivity (Wildman–Crippen MR) is 76.5 cm³/mol. The lowest BCUT2D eigenvalue weighted by Gasteiger charge is -2.49. The van der Waals surface area contributed by atoms with E-state index in [9.17, 15) is 0 Å². The highest BCUT2D eigenvalue weighted by Crippen LogP contribution is 2.40. The summed E-state index contributed by atoms with van der Waals surface area (Å²) in [5.74, 6) is 0. The molecule has 1 aliphatic carbocycles. The lowest BCUT2D eigenvalue weighted by Crippen LogP contribution is -2.54. The number of rotatable bonds is 1. The van der Waals surface area contributed by atoms with Crippen LogP contribution >= 0.6 is 11.6 Å². The third-order valence-electron chi connectivity index (χ3n) is 4.29. The first-order valence-electron chi connectivity index (χ1n) is 7.12. The molecule has 3 rings (SSSR count). The highest BCUT2D eigenvalue weighted by atomic mass is 35.5. The molecule has 0 spiro atoms. The predicted octanol–water partition coefficient (Wildman–Crippen LogP) is 3.22. The Morgan fingerprint density at radius 1 is 1.42 bits per heavy atom. The summed E-state index contributed by atoms with van der Waals surface area (Å²) in [6.07, 6.45) is 2.31. The van der Waals surface area contributed by atoms with Crippen LogP contribution in [0.4, 0.5) is 0 Å². The van der Waals surface area contributed by atoms with E-state index in [-0.39, 0.29) is 0 Å². The second-order valence-corrected chi connectivity index (χ2v) is 6.30. The van der Waals surface area contributed by atoms with Crippen molar-refractivity contribution in [1.29, 1.82) is 0 Å². The minimum absolute atomic E-state index is 0.300. The summed E-state index contributed by atoms with van der Waals surface area (Å²) < 4.78 is 6.06. The molecule has 3 nitrogen and oxygen atoms in total. The molecular formula is C15H21ClN2O. The molecule has 0 saturated carbocycles. The van der Waals surface area contributed by atoms with E-state index < -0.39 is 0 Å². The Hall–Kier alpha value is -0.640. The summed E-state index contributed by atoms with van der Waals surface area (Å²) in [6, 6.07) is 5.33. The van der Waals surface area contributed by atoms with Crippen molar-refractivity contribution in [3.63, 3.8) is 0 Å². The first kappa shape index (κ1) is 13.3. The van der Waals surface area contributed by atoms with Gasteiger partial charge in [0.05, 0.1) is 18.8 Å². The van der Waals surface area contributed by atoms with Crippen LogP contribution in [0.25, 0.3) is 0 Å². The van der Waals surface area contributed by atoms with Gasteiger partial charge in [-0.1, -0.05) is 17.7 Å². The first-order chi connectivity index (χ1) is 9.08. The van der Waals surface area contributed by atoms with Crippen molar-refractivity contribution in [2.75, 3.05) is 6.61 Å². The maximum absolute atomic E-state index is 6.06. The summed E-state index contributed by atoms with van der Waals surface area (Å²) >= 11 is 6.02. The normalized spacial score (nSPS) is 31.1. The fraction of sp³-hybridized carbons (Fsp3) is 0.667. The second kappa shape index (κ2) is 5.04. The SMILES string of the molecule is CC(C)N1C(C)COC2CCc3nc(Cl)ccc3C21. The molecule has 0 amide bonds. The Bertz CT molecular complexity index is 477. The maximum Gasteiger partial charge on any atom is 0.129 e. The Balaban J connectivity index is 2.04. The minimum atomic E-state index is 0.300. The van der Waals surface area contributed by atoms with Crippen LogP contribution in [0, 0.1) is 0 Å². The van der Waals surface area contributed by atoms with E-state index in [1.54, 1.807) is 0 Å². The van der Waals surface area contributed by atoms with Crippen LogP contribution in [0.15, 0.2) is 12.1 Å². The van der Waals surface area contributed by atoms with E-state index in [0.29, 0.717) is 29.4 Å². The summed E-state index contributed by atoms with van der Waals surface area (Å²) in [7, 11) is 0. The zero-order chi connectivity index (χ0) is 13.6. The van der Waals surface area contributed by atoms with E-state index in [1.807, 2.05) is 6.07 Å². The van der Waals surface area contributed by atoms with Crippen molar-refractivity contribution < 1.29 is 4.74 Å². The van der Waals surface area contributed by atoms with Crippen LogP contribution in [-0.2, 0) is 11.2 Å². The molecule has 0 N–H and O–H groups in total. The molecule has 0 aromatic carbocycles. The summed E-state index contributed by atoms with van der Waals surface area (Å²) in [5, 5.41) is 0.595. The van der Waals surface area contributed by atoms with Gasteiger partial charge in [0.25, 0.3) is 0 Å². The maximum atomic E-state index is 6.06. The number of aromatic nitrogens is 1. The van der Waals surface area contributed by atoms with Gasteiger partial charge in [-0.25, -0.2) is 4.98 Å². The second-order valence-electron chi connectivity index (χ2n) is 5.92. The van der Waals surface area contributed by atoms with E-state index in [1.165, 1.54) is 5.56 Å². The number of ether oxygens (including phenoxy) is 1. The number of pyridine rings is 1. The number of halogens is 1. The Morgan fingerprint density at radius 3 is 2.95 bits per heavy atom. The quantitative estimate of drug-likeness (QED) is 0.739. The van der Waals surface area contributed by atoms with Crippen LogP contribution in [0.1, 0.15) is 44.5 Å². The van der Waals surface area contributed by atoms with Crippen molar-refractivity contribution >= 4 is 11.6 Å². The molecule has 1 fully saturated rings. The fourth-order valence-corrected chi connectivity index (χ4v) is 3.74. The van der Waals surface area contributed by atoms with Crippen molar-refractivity contribution in [3.05, 3.63) is 28.5 Å². The molecule has 1 saturated heterocycles. The van der Waals surface area contributed by atoms with Crippen molar-refractivity contribution in [3.8, 4) is 0 Å². The molecule has 3 unspecified atom stereocenters. The molecule has 104 valence electrons. The monoisotopic (exact) mass is 280 g/mol. The van der Waals surface area contributed by atoms with E-state index in [2.05, 4.69) is 36.7 Å². The van der Waals surface area contributed by atoms with Crippen LogP contribution in [0.3, 0.4) is 0 Å². The van der Waals surface area contributed by atoms with Crippen LogP contribution in [-0.4, -0.2) is 34.7 Å². The highest BCUT2D eigenvalue weighted by molar-refractivity contribution is 6.29. The highest BCUT2D eigenvalue weighted by Gasteiger charge is 2.41.